The van der Waals surface area contributed by atoms with E-state index >= 15 is 0 Å². The van der Waals surface area contributed by atoms with E-state index in [1.54, 1.807) is 0 Å². The molecule has 0 atom stereocenters. The van der Waals surface area contributed by atoms with E-state index in [1.807, 2.05) is 0 Å². The highest BCUT2D eigenvalue weighted by molar-refractivity contribution is 6.06. The lowest BCUT2D eigenvalue weighted by Crippen LogP contribution is -2.48. The number of rotatable bonds is 3. The highest BCUT2D eigenvalue weighted by Crippen LogP contribution is 1.90. The maximum atomic E-state index is 11.1. The van der Waals surface area contributed by atoms with E-state index in [0.717, 1.165) is 0 Å². The first kappa shape index (κ1) is 11.6. The standard InChI is InChI=1S/C8H14N2O3/c1-5(11)7(6(2)12)9-8(13)10(3)4/h7H,1-4H3,(H,9,13). The summed E-state index contributed by atoms with van der Waals surface area (Å²) in [5, 5.41) is 2.30. The molecule has 2 amide bonds. The summed E-state index contributed by atoms with van der Waals surface area (Å²) in [6.45, 7) is 2.53. The monoisotopic (exact) mass is 186 g/mol. The zero-order valence-electron chi connectivity index (χ0n) is 8.25. The van der Waals surface area contributed by atoms with Crippen LogP contribution in [0, 0.1) is 0 Å². The highest BCUT2D eigenvalue weighted by atomic mass is 16.2. The SMILES string of the molecule is CC(=O)C(NC(=O)N(C)C)C(C)=O. The quantitative estimate of drug-likeness (QED) is 0.621. The summed E-state index contributed by atoms with van der Waals surface area (Å²) in [6, 6.07) is -1.47. The van der Waals surface area contributed by atoms with Crippen LogP contribution in [0.4, 0.5) is 4.79 Å². The number of urea groups is 1. The summed E-state index contributed by atoms with van der Waals surface area (Å²) >= 11 is 0. The first-order valence-corrected chi connectivity index (χ1v) is 3.85. The fourth-order valence-electron chi connectivity index (χ4n) is 0.742. The number of hydrogen-bond donors (Lipinski definition) is 1. The summed E-state index contributed by atoms with van der Waals surface area (Å²) in [4.78, 5) is 34.1. The molecule has 0 fully saturated rings. The second-order valence-corrected chi connectivity index (χ2v) is 3.00. The van der Waals surface area contributed by atoms with Gasteiger partial charge in [-0.05, 0) is 13.8 Å². The van der Waals surface area contributed by atoms with E-state index in [9.17, 15) is 14.4 Å². The molecule has 0 aliphatic carbocycles. The Morgan fingerprint density at radius 2 is 1.46 bits per heavy atom. The average Bonchev–Trinajstić information content (AvgIpc) is 1.97. The van der Waals surface area contributed by atoms with Gasteiger partial charge in [0, 0.05) is 14.1 Å². The van der Waals surface area contributed by atoms with Crippen LogP contribution >= 0.6 is 0 Å². The van der Waals surface area contributed by atoms with E-state index in [1.165, 1.54) is 32.8 Å². The molecule has 0 unspecified atom stereocenters. The van der Waals surface area contributed by atoms with E-state index < -0.39 is 12.1 Å². The Morgan fingerprint density at radius 1 is 1.08 bits per heavy atom. The van der Waals surface area contributed by atoms with Crippen LogP contribution < -0.4 is 5.32 Å². The number of amides is 2. The van der Waals surface area contributed by atoms with Crippen LogP contribution in [0.2, 0.25) is 0 Å². The fraction of sp³-hybridized carbons (Fsp3) is 0.625. The summed E-state index contributed by atoms with van der Waals surface area (Å²) in [5.41, 5.74) is 0. The third-order valence-electron chi connectivity index (χ3n) is 1.49. The first-order chi connectivity index (χ1) is 5.86. The minimum absolute atomic E-state index is 0.359. The third-order valence-corrected chi connectivity index (χ3v) is 1.49. The largest absolute Gasteiger partial charge is 0.331 e. The van der Waals surface area contributed by atoms with Gasteiger partial charge in [0.15, 0.2) is 11.6 Å². The first-order valence-electron chi connectivity index (χ1n) is 3.85. The Balaban J connectivity index is 4.36. The van der Waals surface area contributed by atoms with E-state index in [4.69, 9.17) is 0 Å². The minimum Gasteiger partial charge on any atom is -0.331 e. The Bertz CT molecular complexity index is 222. The fourth-order valence-corrected chi connectivity index (χ4v) is 0.742. The van der Waals surface area contributed by atoms with Crippen molar-refractivity contribution in [2.75, 3.05) is 14.1 Å². The van der Waals surface area contributed by atoms with Crippen LogP contribution in [0.15, 0.2) is 0 Å². The number of nitrogens with one attached hydrogen (secondary N) is 1. The van der Waals surface area contributed by atoms with Gasteiger partial charge < -0.3 is 10.2 Å². The number of carbonyl (C=O) groups excluding carboxylic acids is 3. The lowest BCUT2D eigenvalue weighted by atomic mass is 10.1. The Kier molecular flexibility index (Phi) is 4.10. The Hall–Kier alpha value is -1.39. The maximum Gasteiger partial charge on any atom is 0.317 e. The number of hydrogen-bond acceptors (Lipinski definition) is 3. The van der Waals surface area contributed by atoms with Gasteiger partial charge in [0.25, 0.3) is 0 Å². The van der Waals surface area contributed by atoms with Crippen LogP contribution in [0.5, 0.6) is 0 Å². The number of nitrogens with zero attached hydrogens (tertiary/aromatic N) is 1. The lowest BCUT2D eigenvalue weighted by Gasteiger charge is -2.16. The van der Waals surface area contributed by atoms with Crippen LogP contribution in [0.1, 0.15) is 13.8 Å². The molecule has 0 aliphatic heterocycles. The van der Waals surface area contributed by atoms with Crippen molar-refractivity contribution in [1.29, 1.82) is 0 Å². The molecule has 0 spiro atoms. The number of Topliss-reactive ketones (excluding diaryl/α,β-unsaturated/α-hetero) is 2. The van der Waals surface area contributed by atoms with Crippen molar-refractivity contribution in [2.24, 2.45) is 0 Å². The molecule has 0 aromatic heterocycles. The maximum absolute atomic E-state index is 11.1. The molecule has 0 rings (SSSR count). The van der Waals surface area contributed by atoms with E-state index in [0.29, 0.717) is 0 Å². The van der Waals surface area contributed by atoms with Crippen LogP contribution in [0.25, 0.3) is 0 Å². The van der Waals surface area contributed by atoms with Crippen LogP contribution in [0.3, 0.4) is 0 Å². The van der Waals surface area contributed by atoms with Crippen molar-refractivity contribution in [2.45, 2.75) is 19.9 Å². The highest BCUT2D eigenvalue weighted by Gasteiger charge is 2.21. The molecule has 0 heterocycles. The van der Waals surface area contributed by atoms with Gasteiger partial charge in [-0.15, -0.1) is 0 Å². The lowest BCUT2D eigenvalue weighted by molar-refractivity contribution is -0.127. The summed E-state index contributed by atoms with van der Waals surface area (Å²) < 4.78 is 0. The summed E-state index contributed by atoms with van der Waals surface area (Å²) in [6.07, 6.45) is 0. The normalized spacial score (nSPS) is 9.62. The molecule has 0 aliphatic rings. The molecule has 0 aromatic carbocycles. The molecule has 0 aromatic rings. The van der Waals surface area contributed by atoms with Crippen molar-refractivity contribution in [3.63, 3.8) is 0 Å². The molecule has 13 heavy (non-hydrogen) atoms. The minimum atomic E-state index is -1.02. The van der Waals surface area contributed by atoms with Gasteiger partial charge in [-0.2, -0.15) is 0 Å². The number of carbonyl (C=O) groups is 3. The Morgan fingerprint density at radius 3 is 1.69 bits per heavy atom. The molecular formula is C8H14N2O3. The van der Waals surface area contributed by atoms with Crippen molar-refractivity contribution in [3.8, 4) is 0 Å². The van der Waals surface area contributed by atoms with Crippen molar-refractivity contribution in [3.05, 3.63) is 0 Å². The second kappa shape index (κ2) is 4.59. The van der Waals surface area contributed by atoms with E-state index in [2.05, 4.69) is 5.32 Å². The van der Waals surface area contributed by atoms with E-state index in [-0.39, 0.29) is 11.6 Å². The summed E-state index contributed by atoms with van der Waals surface area (Å²) in [7, 11) is 3.07. The molecule has 0 saturated heterocycles. The van der Waals surface area contributed by atoms with Gasteiger partial charge in [-0.25, -0.2) is 4.79 Å². The van der Waals surface area contributed by atoms with Crippen molar-refractivity contribution >= 4 is 17.6 Å². The van der Waals surface area contributed by atoms with Gasteiger partial charge in [-0.1, -0.05) is 0 Å². The van der Waals surface area contributed by atoms with Gasteiger partial charge in [-0.3, -0.25) is 9.59 Å². The van der Waals surface area contributed by atoms with Crippen LogP contribution in [-0.4, -0.2) is 42.6 Å². The van der Waals surface area contributed by atoms with Crippen LogP contribution in [-0.2, 0) is 9.59 Å². The number of ketones is 2. The smallest absolute Gasteiger partial charge is 0.317 e. The molecule has 74 valence electrons. The van der Waals surface area contributed by atoms with Gasteiger partial charge in [0.2, 0.25) is 0 Å². The van der Waals surface area contributed by atoms with Crippen molar-refractivity contribution in [1.82, 2.24) is 10.2 Å². The predicted octanol–water partition coefficient (Wildman–Crippen LogP) is -0.196. The second-order valence-electron chi connectivity index (χ2n) is 3.00. The molecule has 1 N–H and O–H groups in total. The van der Waals surface area contributed by atoms with Gasteiger partial charge >= 0.3 is 6.03 Å². The van der Waals surface area contributed by atoms with Gasteiger partial charge in [0.1, 0.15) is 6.04 Å². The zero-order valence-corrected chi connectivity index (χ0v) is 8.25. The topological polar surface area (TPSA) is 66.5 Å². The molecule has 0 saturated carbocycles. The van der Waals surface area contributed by atoms with Gasteiger partial charge in [0.05, 0.1) is 0 Å². The predicted molar refractivity (Wildman–Crippen MR) is 47.4 cm³/mol. The zero-order chi connectivity index (χ0) is 10.6. The molecule has 0 bridgehead atoms. The van der Waals surface area contributed by atoms with Crippen molar-refractivity contribution < 1.29 is 14.4 Å². The molecular weight excluding hydrogens is 172 g/mol. The summed E-state index contributed by atoms with van der Waals surface area (Å²) in [5.74, 6) is -0.717. The molecule has 5 nitrogen and oxygen atoms in total. The molecule has 5 heteroatoms. The average molecular weight is 186 g/mol. The third kappa shape index (κ3) is 3.68. The Labute approximate surface area is 77.1 Å². The molecule has 0 radical (unpaired) electrons.